The van der Waals surface area contributed by atoms with Crippen LogP contribution in [-0.4, -0.2) is 35.9 Å². The molecular weight excluding hydrogens is 224 g/mol. The first kappa shape index (κ1) is 10.8. The Kier molecular flexibility index (Phi) is 2.26. The Hall–Kier alpha value is -1.36. The van der Waals surface area contributed by atoms with E-state index in [0.29, 0.717) is 6.61 Å². The van der Waals surface area contributed by atoms with Gasteiger partial charge in [-0.2, -0.15) is 0 Å². The number of carboxylic acid groups (broad SMARTS) is 1. The van der Waals surface area contributed by atoms with Crippen LogP contribution in [0.1, 0.15) is 19.3 Å². The first-order valence-electron chi connectivity index (χ1n) is 5.87. The molecule has 0 aromatic carbocycles. The SMILES string of the molecule is O=C(O)C1=C[C@@H]2CCC[C@@]3(CO3)[C@H]2C(=O)OC1. The molecule has 3 aliphatic rings. The largest absolute Gasteiger partial charge is 0.478 e. The van der Waals surface area contributed by atoms with E-state index in [-0.39, 0.29) is 35.6 Å². The fourth-order valence-electron chi connectivity index (χ4n) is 3.01. The number of carbonyl (C=O) groups excluding carboxylic acids is 1. The van der Waals surface area contributed by atoms with E-state index in [2.05, 4.69) is 0 Å². The van der Waals surface area contributed by atoms with Crippen molar-refractivity contribution in [3.05, 3.63) is 11.6 Å². The second-order valence-electron chi connectivity index (χ2n) is 4.99. The summed E-state index contributed by atoms with van der Waals surface area (Å²) in [5, 5.41) is 8.99. The maximum absolute atomic E-state index is 11.9. The molecule has 3 atom stereocenters. The highest BCUT2D eigenvalue weighted by molar-refractivity contribution is 5.88. The van der Waals surface area contributed by atoms with E-state index in [1.54, 1.807) is 6.08 Å². The van der Waals surface area contributed by atoms with Gasteiger partial charge in [0.25, 0.3) is 0 Å². The molecule has 5 heteroatoms. The third kappa shape index (κ3) is 1.65. The van der Waals surface area contributed by atoms with Crippen molar-refractivity contribution in [2.45, 2.75) is 24.9 Å². The van der Waals surface area contributed by atoms with Crippen molar-refractivity contribution in [3.63, 3.8) is 0 Å². The van der Waals surface area contributed by atoms with Crippen molar-refractivity contribution >= 4 is 11.9 Å². The van der Waals surface area contributed by atoms with Gasteiger partial charge in [-0.05, 0) is 25.2 Å². The number of rotatable bonds is 1. The Balaban J connectivity index is 1.94. The summed E-state index contributed by atoms with van der Waals surface area (Å²) in [4.78, 5) is 22.9. The third-order valence-electron chi connectivity index (χ3n) is 3.96. The molecule has 0 amide bonds. The van der Waals surface area contributed by atoms with E-state index in [0.717, 1.165) is 19.3 Å². The van der Waals surface area contributed by atoms with Crippen LogP contribution in [0.3, 0.4) is 0 Å². The van der Waals surface area contributed by atoms with Gasteiger partial charge in [0.1, 0.15) is 12.2 Å². The molecule has 1 N–H and O–H groups in total. The number of aliphatic carboxylic acids is 1. The molecule has 0 radical (unpaired) electrons. The fraction of sp³-hybridized carbons (Fsp3) is 0.667. The van der Waals surface area contributed by atoms with Crippen molar-refractivity contribution in [2.24, 2.45) is 11.8 Å². The van der Waals surface area contributed by atoms with E-state index in [9.17, 15) is 9.59 Å². The Bertz CT molecular complexity index is 407. The van der Waals surface area contributed by atoms with Crippen molar-refractivity contribution in [3.8, 4) is 0 Å². The smallest absolute Gasteiger partial charge is 0.334 e. The standard InChI is InChI=1S/C12H14O5/c13-10(14)8-4-7-2-1-3-12(6-17-12)9(7)11(15)16-5-8/h4,7,9H,1-3,5-6H2,(H,13,14)/t7-,9+,12+/m0/s1. The molecule has 92 valence electrons. The molecule has 1 saturated heterocycles. The number of ether oxygens (including phenoxy) is 2. The molecule has 3 rings (SSSR count). The van der Waals surface area contributed by atoms with Crippen LogP contribution in [0.15, 0.2) is 11.6 Å². The van der Waals surface area contributed by atoms with Crippen molar-refractivity contribution in [2.75, 3.05) is 13.2 Å². The minimum absolute atomic E-state index is 0.0488. The average Bonchev–Trinajstić information content (AvgIpc) is 3.04. The molecule has 5 nitrogen and oxygen atoms in total. The summed E-state index contributed by atoms with van der Waals surface area (Å²) in [5.74, 6) is -1.67. The molecule has 2 aliphatic heterocycles. The molecule has 0 aromatic rings. The fourth-order valence-corrected chi connectivity index (χ4v) is 3.01. The minimum Gasteiger partial charge on any atom is -0.478 e. The van der Waals surface area contributed by atoms with Crippen LogP contribution in [0, 0.1) is 11.8 Å². The van der Waals surface area contributed by atoms with Gasteiger partial charge in [-0.25, -0.2) is 4.79 Å². The lowest BCUT2D eigenvalue weighted by molar-refractivity contribution is -0.152. The van der Waals surface area contributed by atoms with E-state index in [1.807, 2.05) is 0 Å². The zero-order valence-corrected chi connectivity index (χ0v) is 9.35. The molecule has 1 aliphatic carbocycles. The van der Waals surface area contributed by atoms with Gasteiger partial charge in [-0.3, -0.25) is 4.79 Å². The normalized spacial score (nSPS) is 40.0. The van der Waals surface area contributed by atoms with Gasteiger partial charge >= 0.3 is 11.9 Å². The van der Waals surface area contributed by atoms with Gasteiger partial charge in [0.2, 0.25) is 0 Å². The summed E-state index contributed by atoms with van der Waals surface area (Å²) in [6.07, 6.45) is 4.37. The van der Waals surface area contributed by atoms with E-state index < -0.39 is 5.97 Å². The molecule has 1 spiro atoms. The highest BCUT2D eigenvalue weighted by Crippen LogP contribution is 2.50. The highest BCUT2D eigenvalue weighted by atomic mass is 16.6. The van der Waals surface area contributed by atoms with Gasteiger partial charge in [-0.1, -0.05) is 6.08 Å². The van der Waals surface area contributed by atoms with Crippen LogP contribution in [0.25, 0.3) is 0 Å². The Morgan fingerprint density at radius 3 is 2.94 bits per heavy atom. The summed E-state index contributed by atoms with van der Waals surface area (Å²) in [5.41, 5.74) is -0.173. The second-order valence-corrected chi connectivity index (χ2v) is 4.99. The summed E-state index contributed by atoms with van der Waals surface area (Å²) >= 11 is 0. The van der Waals surface area contributed by atoms with Crippen molar-refractivity contribution in [1.82, 2.24) is 0 Å². The number of cyclic esters (lactones) is 1. The van der Waals surface area contributed by atoms with Gasteiger partial charge in [0.15, 0.2) is 0 Å². The van der Waals surface area contributed by atoms with Crippen LogP contribution >= 0.6 is 0 Å². The van der Waals surface area contributed by atoms with E-state index >= 15 is 0 Å². The second kappa shape index (κ2) is 3.57. The molecule has 0 unspecified atom stereocenters. The Morgan fingerprint density at radius 1 is 1.53 bits per heavy atom. The monoisotopic (exact) mass is 238 g/mol. The predicted octanol–water partition coefficient (Wildman–Crippen LogP) is 0.740. The lowest BCUT2D eigenvalue weighted by Gasteiger charge is -2.31. The number of allylic oxidation sites excluding steroid dienone is 1. The molecule has 0 bridgehead atoms. The van der Waals surface area contributed by atoms with Crippen molar-refractivity contribution < 1.29 is 24.2 Å². The predicted molar refractivity (Wildman–Crippen MR) is 56.2 cm³/mol. The maximum atomic E-state index is 11.9. The zero-order chi connectivity index (χ0) is 12.0. The number of esters is 1. The maximum Gasteiger partial charge on any atom is 0.334 e. The Morgan fingerprint density at radius 2 is 2.29 bits per heavy atom. The summed E-state index contributed by atoms with van der Waals surface area (Å²) in [6, 6.07) is 0. The minimum atomic E-state index is -1.00. The van der Waals surface area contributed by atoms with E-state index in [4.69, 9.17) is 14.6 Å². The number of hydrogen-bond donors (Lipinski definition) is 1. The summed E-state index contributed by atoms with van der Waals surface area (Å²) in [7, 11) is 0. The number of carboxylic acids is 1. The third-order valence-corrected chi connectivity index (χ3v) is 3.96. The van der Waals surface area contributed by atoms with Crippen LogP contribution in [0.2, 0.25) is 0 Å². The summed E-state index contributed by atoms with van der Waals surface area (Å²) in [6.45, 7) is 0.469. The first-order valence-corrected chi connectivity index (χ1v) is 5.87. The molecule has 2 fully saturated rings. The van der Waals surface area contributed by atoms with Gasteiger partial charge in [0, 0.05) is 0 Å². The number of carbonyl (C=O) groups is 2. The number of fused-ring (bicyclic) bond motifs is 2. The lowest BCUT2D eigenvalue weighted by atomic mass is 9.71. The van der Waals surface area contributed by atoms with Crippen LogP contribution in [0.4, 0.5) is 0 Å². The van der Waals surface area contributed by atoms with Crippen LogP contribution in [0.5, 0.6) is 0 Å². The number of epoxide rings is 1. The van der Waals surface area contributed by atoms with Gasteiger partial charge < -0.3 is 14.6 Å². The van der Waals surface area contributed by atoms with E-state index in [1.165, 1.54) is 0 Å². The van der Waals surface area contributed by atoms with Crippen LogP contribution < -0.4 is 0 Å². The quantitative estimate of drug-likeness (QED) is 0.538. The lowest BCUT2D eigenvalue weighted by Crippen LogP contribution is -2.40. The van der Waals surface area contributed by atoms with Crippen LogP contribution in [-0.2, 0) is 19.1 Å². The van der Waals surface area contributed by atoms with Gasteiger partial charge in [-0.15, -0.1) is 0 Å². The molecule has 0 aromatic heterocycles. The molecular formula is C12H14O5. The molecule has 17 heavy (non-hydrogen) atoms. The zero-order valence-electron chi connectivity index (χ0n) is 9.35. The molecule has 1 saturated carbocycles. The van der Waals surface area contributed by atoms with Crippen molar-refractivity contribution in [1.29, 1.82) is 0 Å². The highest BCUT2D eigenvalue weighted by Gasteiger charge is 2.59. The van der Waals surface area contributed by atoms with Gasteiger partial charge in [0.05, 0.1) is 18.1 Å². The number of hydrogen-bond acceptors (Lipinski definition) is 4. The molecule has 2 heterocycles. The average molecular weight is 238 g/mol. The summed E-state index contributed by atoms with van der Waals surface area (Å²) < 4.78 is 10.5. The Labute approximate surface area is 98.4 Å². The first-order chi connectivity index (χ1) is 8.12. The topological polar surface area (TPSA) is 76.1 Å².